The molecule has 0 aromatic heterocycles. The highest BCUT2D eigenvalue weighted by Crippen LogP contribution is 2.16. The third kappa shape index (κ3) is 4.02. The summed E-state index contributed by atoms with van der Waals surface area (Å²) >= 11 is 0. The van der Waals surface area contributed by atoms with E-state index in [2.05, 4.69) is 0 Å². The van der Waals surface area contributed by atoms with Crippen molar-refractivity contribution >= 4 is 5.97 Å². The molecule has 110 valence electrons. The molecule has 1 fully saturated rings. The lowest BCUT2D eigenvalue weighted by Crippen LogP contribution is -2.33. The van der Waals surface area contributed by atoms with E-state index in [9.17, 15) is 9.18 Å². The average Bonchev–Trinajstić information content (AvgIpc) is 2.42. The van der Waals surface area contributed by atoms with Gasteiger partial charge in [-0.3, -0.25) is 4.90 Å². The lowest BCUT2D eigenvalue weighted by Gasteiger charge is -2.27. The molecule has 5 heteroatoms. The maximum absolute atomic E-state index is 13.7. The molecule has 4 nitrogen and oxygen atoms in total. The van der Waals surface area contributed by atoms with E-state index in [4.69, 9.17) is 9.84 Å². The van der Waals surface area contributed by atoms with Crippen LogP contribution < -0.4 is 0 Å². The highest BCUT2D eigenvalue weighted by atomic mass is 19.1. The average molecular weight is 281 g/mol. The SMILES string of the molecule is CN(Cc1cc(C(=O)O)ccc1F)CC1CCCCO1. The largest absolute Gasteiger partial charge is 0.478 e. The molecule has 0 spiro atoms. The van der Waals surface area contributed by atoms with Gasteiger partial charge in [-0.15, -0.1) is 0 Å². The van der Waals surface area contributed by atoms with Gasteiger partial charge in [-0.25, -0.2) is 9.18 Å². The fourth-order valence-electron chi connectivity index (χ4n) is 2.48. The Morgan fingerprint density at radius 1 is 1.50 bits per heavy atom. The molecule has 2 rings (SSSR count). The number of hydrogen-bond donors (Lipinski definition) is 1. The Balaban J connectivity index is 1.97. The summed E-state index contributed by atoms with van der Waals surface area (Å²) < 4.78 is 19.4. The number of benzene rings is 1. The second kappa shape index (κ2) is 6.81. The fourth-order valence-corrected chi connectivity index (χ4v) is 2.48. The third-order valence-corrected chi connectivity index (χ3v) is 3.52. The predicted molar refractivity (Wildman–Crippen MR) is 73.3 cm³/mol. The summed E-state index contributed by atoms with van der Waals surface area (Å²) in [6.45, 7) is 1.91. The predicted octanol–water partition coefficient (Wildman–Crippen LogP) is 2.52. The molecule has 1 aromatic rings. The van der Waals surface area contributed by atoms with Gasteiger partial charge in [-0.05, 0) is 44.5 Å². The van der Waals surface area contributed by atoms with Crippen LogP contribution in [0.15, 0.2) is 18.2 Å². The topological polar surface area (TPSA) is 49.8 Å². The summed E-state index contributed by atoms with van der Waals surface area (Å²) in [6.07, 6.45) is 3.50. The fraction of sp³-hybridized carbons (Fsp3) is 0.533. The van der Waals surface area contributed by atoms with Crippen molar-refractivity contribution in [2.45, 2.75) is 31.9 Å². The van der Waals surface area contributed by atoms with Crippen molar-refractivity contribution in [1.82, 2.24) is 4.90 Å². The van der Waals surface area contributed by atoms with Crippen molar-refractivity contribution in [2.24, 2.45) is 0 Å². The Hall–Kier alpha value is -1.46. The third-order valence-electron chi connectivity index (χ3n) is 3.52. The van der Waals surface area contributed by atoms with Gasteiger partial charge in [0.05, 0.1) is 11.7 Å². The van der Waals surface area contributed by atoms with Gasteiger partial charge in [0.1, 0.15) is 5.82 Å². The maximum atomic E-state index is 13.7. The summed E-state index contributed by atoms with van der Waals surface area (Å²) in [6, 6.07) is 3.89. The van der Waals surface area contributed by atoms with Crippen LogP contribution >= 0.6 is 0 Å². The first kappa shape index (κ1) is 14.9. The molecule has 0 radical (unpaired) electrons. The van der Waals surface area contributed by atoms with Gasteiger partial charge < -0.3 is 9.84 Å². The zero-order valence-electron chi connectivity index (χ0n) is 11.6. The molecule has 1 aliphatic rings. The van der Waals surface area contributed by atoms with Crippen molar-refractivity contribution in [3.8, 4) is 0 Å². The van der Waals surface area contributed by atoms with E-state index in [1.165, 1.54) is 24.6 Å². The van der Waals surface area contributed by atoms with Crippen LogP contribution in [0.1, 0.15) is 35.2 Å². The van der Waals surface area contributed by atoms with Gasteiger partial charge in [-0.1, -0.05) is 0 Å². The highest BCUT2D eigenvalue weighted by molar-refractivity contribution is 5.87. The number of likely N-dealkylation sites (N-methyl/N-ethyl adjacent to an activating group) is 1. The molecule has 1 atom stereocenters. The van der Waals surface area contributed by atoms with Gasteiger partial charge in [-0.2, -0.15) is 0 Å². The molecular weight excluding hydrogens is 261 g/mol. The Bertz CT molecular complexity index is 472. The standard InChI is InChI=1S/C15H20FNO3/c1-17(10-13-4-2-3-7-20-13)9-12-8-11(15(18)19)5-6-14(12)16/h5-6,8,13H,2-4,7,9-10H2,1H3,(H,18,19). The Labute approximate surface area is 118 Å². The summed E-state index contributed by atoms with van der Waals surface area (Å²) in [7, 11) is 1.89. The highest BCUT2D eigenvalue weighted by Gasteiger charge is 2.17. The van der Waals surface area contributed by atoms with Gasteiger partial charge in [0.2, 0.25) is 0 Å². The first-order valence-electron chi connectivity index (χ1n) is 6.88. The van der Waals surface area contributed by atoms with Crippen LogP contribution in [0.2, 0.25) is 0 Å². The molecule has 1 unspecified atom stereocenters. The minimum absolute atomic E-state index is 0.115. The summed E-state index contributed by atoms with van der Waals surface area (Å²) in [5.41, 5.74) is 0.520. The van der Waals surface area contributed by atoms with Crippen LogP contribution in [-0.2, 0) is 11.3 Å². The number of hydrogen-bond acceptors (Lipinski definition) is 3. The number of carbonyl (C=O) groups is 1. The first-order chi connectivity index (χ1) is 9.56. The monoisotopic (exact) mass is 281 g/mol. The first-order valence-corrected chi connectivity index (χ1v) is 6.88. The smallest absolute Gasteiger partial charge is 0.335 e. The number of rotatable bonds is 5. The molecule has 0 saturated carbocycles. The zero-order chi connectivity index (χ0) is 14.5. The number of halogens is 1. The van der Waals surface area contributed by atoms with E-state index in [1.807, 2.05) is 11.9 Å². The molecule has 1 saturated heterocycles. The normalized spacial score (nSPS) is 19.2. The zero-order valence-corrected chi connectivity index (χ0v) is 11.6. The van der Waals surface area contributed by atoms with E-state index >= 15 is 0 Å². The second-order valence-corrected chi connectivity index (χ2v) is 5.30. The van der Waals surface area contributed by atoms with Crippen molar-refractivity contribution < 1.29 is 19.0 Å². The molecule has 1 heterocycles. The van der Waals surface area contributed by atoms with E-state index in [0.29, 0.717) is 12.1 Å². The minimum Gasteiger partial charge on any atom is -0.478 e. The van der Waals surface area contributed by atoms with Gasteiger partial charge in [0.25, 0.3) is 0 Å². The molecular formula is C15H20FNO3. The molecule has 1 aromatic carbocycles. The van der Waals surface area contributed by atoms with Crippen LogP contribution in [-0.4, -0.2) is 42.3 Å². The summed E-state index contributed by atoms with van der Waals surface area (Å²) in [5, 5.41) is 8.94. The molecule has 0 bridgehead atoms. The quantitative estimate of drug-likeness (QED) is 0.901. The number of aromatic carboxylic acids is 1. The van der Waals surface area contributed by atoms with Crippen molar-refractivity contribution in [1.29, 1.82) is 0 Å². The number of ether oxygens (including phenoxy) is 1. The Morgan fingerprint density at radius 2 is 2.30 bits per heavy atom. The second-order valence-electron chi connectivity index (χ2n) is 5.30. The Kier molecular flexibility index (Phi) is 5.09. The summed E-state index contributed by atoms with van der Waals surface area (Å²) in [5.74, 6) is -1.41. The Morgan fingerprint density at radius 3 is 2.95 bits per heavy atom. The molecule has 1 aliphatic heterocycles. The molecule has 1 N–H and O–H groups in total. The van der Waals surface area contributed by atoms with Gasteiger partial charge in [0, 0.05) is 25.3 Å². The molecule has 0 aliphatic carbocycles. The van der Waals surface area contributed by atoms with Crippen molar-refractivity contribution in [3.05, 3.63) is 35.1 Å². The number of carboxylic acid groups (broad SMARTS) is 1. The van der Waals surface area contributed by atoms with Crippen molar-refractivity contribution in [2.75, 3.05) is 20.2 Å². The van der Waals surface area contributed by atoms with Gasteiger partial charge in [0.15, 0.2) is 0 Å². The van der Waals surface area contributed by atoms with Crippen LogP contribution in [0.4, 0.5) is 4.39 Å². The summed E-state index contributed by atoms with van der Waals surface area (Å²) in [4.78, 5) is 12.9. The number of nitrogens with zero attached hydrogens (tertiary/aromatic N) is 1. The van der Waals surface area contributed by atoms with E-state index in [1.54, 1.807) is 0 Å². The maximum Gasteiger partial charge on any atom is 0.335 e. The van der Waals surface area contributed by atoms with Crippen LogP contribution in [0, 0.1) is 5.82 Å². The lowest BCUT2D eigenvalue weighted by atomic mass is 10.1. The minimum atomic E-state index is -1.04. The van der Waals surface area contributed by atoms with E-state index in [-0.39, 0.29) is 17.5 Å². The van der Waals surface area contributed by atoms with Crippen LogP contribution in [0.3, 0.4) is 0 Å². The van der Waals surface area contributed by atoms with Gasteiger partial charge >= 0.3 is 5.97 Å². The molecule has 20 heavy (non-hydrogen) atoms. The van der Waals surface area contributed by atoms with Crippen LogP contribution in [0.25, 0.3) is 0 Å². The van der Waals surface area contributed by atoms with Crippen molar-refractivity contribution in [3.63, 3.8) is 0 Å². The van der Waals surface area contributed by atoms with E-state index in [0.717, 1.165) is 26.0 Å². The van der Waals surface area contributed by atoms with E-state index < -0.39 is 5.97 Å². The molecule has 0 amide bonds. The number of carboxylic acids is 1. The lowest BCUT2D eigenvalue weighted by molar-refractivity contribution is -0.00273. The van der Waals surface area contributed by atoms with Crippen LogP contribution in [0.5, 0.6) is 0 Å².